The first-order valence-electron chi connectivity index (χ1n) is 8.72. The maximum absolute atomic E-state index is 13.2. The van der Waals surface area contributed by atoms with Crippen molar-refractivity contribution in [2.45, 2.75) is 32.8 Å². The van der Waals surface area contributed by atoms with Gasteiger partial charge in [0.25, 0.3) is 5.91 Å². The minimum absolute atomic E-state index is 0.252. The lowest BCUT2D eigenvalue weighted by Gasteiger charge is -2.20. The van der Waals surface area contributed by atoms with Gasteiger partial charge in [0.05, 0.1) is 4.47 Å². The average Bonchev–Trinajstić information content (AvgIpc) is 3.13. The number of carbonyl (C=O) groups is 1. The van der Waals surface area contributed by atoms with Crippen molar-refractivity contribution >= 4 is 33.2 Å². The second-order valence-corrected chi connectivity index (χ2v) is 7.37. The number of hydrogen-bond acceptors (Lipinski definition) is 3. The molecule has 2 aromatic rings. The molecule has 1 heterocycles. The van der Waals surface area contributed by atoms with Crippen molar-refractivity contribution in [1.29, 1.82) is 0 Å². The molecule has 1 saturated heterocycles. The molecule has 1 atom stereocenters. The summed E-state index contributed by atoms with van der Waals surface area (Å²) in [6, 6.07) is 10.2. The van der Waals surface area contributed by atoms with Gasteiger partial charge in [0.15, 0.2) is 6.10 Å². The zero-order chi connectivity index (χ0) is 18.7. The van der Waals surface area contributed by atoms with Crippen LogP contribution in [0, 0.1) is 12.7 Å². The van der Waals surface area contributed by atoms with Gasteiger partial charge in [-0.15, -0.1) is 0 Å². The van der Waals surface area contributed by atoms with Crippen LogP contribution < -0.4 is 15.0 Å². The van der Waals surface area contributed by atoms with Crippen molar-refractivity contribution in [2.24, 2.45) is 0 Å². The number of anilines is 2. The van der Waals surface area contributed by atoms with Gasteiger partial charge >= 0.3 is 0 Å². The van der Waals surface area contributed by atoms with Crippen molar-refractivity contribution in [3.8, 4) is 5.75 Å². The molecule has 1 aliphatic heterocycles. The summed E-state index contributed by atoms with van der Waals surface area (Å²) in [5, 5.41) is 2.91. The summed E-state index contributed by atoms with van der Waals surface area (Å²) < 4.78 is 19.3. The van der Waals surface area contributed by atoms with E-state index in [1.165, 1.54) is 36.7 Å². The third kappa shape index (κ3) is 4.36. The molecule has 1 unspecified atom stereocenters. The molecule has 0 aromatic heterocycles. The Labute approximate surface area is 161 Å². The highest BCUT2D eigenvalue weighted by atomic mass is 79.9. The fourth-order valence-electron chi connectivity index (χ4n) is 3.01. The van der Waals surface area contributed by atoms with E-state index in [-0.39, 0.29) is 11.7 Å². The van der Waals surface area contributed by atoms with E-state index in [0.29, 0.717) is 10.2 Å². The summed E-state index contributed by atoms with van der Waals surface area (Å²) in [5.74, 6) is -0.191. The van der Waals surface area contributed by atoms with Crippen molar-refractivity contribution in [1.82, 2.24) is 0 Å². The minimum Gasteiger partial charge on any atom is -0.480 e. The van der Waals surface area contributed by atoms with Crippen LogP contribution in [0.4, 0.5) is 15.8 Å². The van der Waals surface area contributed by atoms with E-state index < -0.39 is 6.10 Å². The van der Waals surface area contributed by atoms with Gasteiger partial charge < -0.3 is 15.0 Å². The fraction of sp³-hybridized carbons (Fsp3) is 0.350. The summed E-state index contributed by atoms with van der Waals surface area (Å²) in [7, 11) is 0. The minimum atomic E-state index is -0.714. The average molecular weight is 421 g/mol. The molecule has 6 heteroatoms. The number of nitrogens with zero attached hydrogens (tertiary/aromatic N) is 1. The van der Waals surface area contributed by atoms with Crippen LogP contribution in [0.5, 0.6) is 5.75 Å². The molecule has 0 saturated carbocycles. The summed E-state index contributed by atoms with van der Waals surface area (Å²) in [6.07, 6.45) is 1.74. The number of benzene rings is 2. The van der Waals surface area contributed by atoms with E-state index in [4.69, 9.17) is 4.74 Å². The number of rotatable bonds is 5. The molecule has 1 aliphatic rings. The van der Waals surface area contributed by atoms with Crippen LogP contribution >= 0.6 is 15.9 Å². The molecule has 1 fully saturated rings. The van der Waals surface area contributed by atoms with E-state index in [0.717, 1.165) is 24.3 Å². The van der Waals surface area contributed by atoms with Crippen molar-refractivity contribution in [2.75, 3.05) is 23.3 Å². The first-order chi connectivity index (χ1) is 12.4. The number of hydrogen-bond donors (Lipinski definition) is 1. The molecule has 2 aromatic carbocycles. The third-order valence-electron chi connectivity index (χ3n) is 4.51. The molecular weight excluding hydrogens is 399 g/mol. The first kappa shape index (κ1) is 18.7. The fourth-order valence-corrected chi connectivity index (χ4v) is 3.45. The molecule has 1 N–H and O–H groups in total. The molecule has 0 aliphatic carbocycles. The SMILES string of the molecule is Cc1cc(N2CCCC2)ccc1NC(=O)C(C)Oc1ccc(F)cc1Br. The number of nitrogens with one attached hydrogen (secondary N) is 1. The summed E-state index contributed by atoms with van der Waals surface area (Å²) in [6.45, 7) is 5.82. The van der Waals surface area contributed by atoms with Crippen molar-refractivity contribution < 1.29 is 13.9 Å². The predicted molar refractivity (Wildman–Crippen MR) is 105 cm³/mol. The second-order valence-electron chi connectivity index (χ2n) is 6.52. The van der Waals surface area contributed by atoms with Crippen molar-refractivity contribution in [3.63, 3.8) is 0 Å². The highest BCUT2D eigenvalue weighted by molar-refractivity contribution is 9.10. The molecule has 1 amide bonds. The van der Waals surface area contributed by atoms with Gasteiger partial charge in [-0.25, -0.2) is 4.39 Å². The Hall–Kier alpha value is -2.08. The van der Waals surface area contributed by atoms with Crippen LogP contribution in [-0.4, -0.2) is 25.1 Å². The predicted octanol–water partition coefficient (Wildman–Crippen LogP) is 4.90. The van der Waals surface area contributed by atoms with Crippen LogP contribution in [0.25, 0.3) is 0 Å². The largest absolute Gasteiger partial charge is 0.480 e. The molecule has 4 nitrogen and oxygen atoms in total. The lowest BCUT2D eigenvalue weighted by Crippen LogP contribution is -2.30. The molecule has 0 spiro atoms. The summed E-state index contributed by atoms with van der Waals surface area (Å²) in [5.41, 5.74) is 2.97. The van der Waals surface area contributed by atoms with Crippen LogP contribution in [-0.2, 0) is 4.79 Å². The van der Waals surface area contributed by atoms with Crippen LogP contribution in [0.15, 0.2) is 40.9 Å². The van der Waals surface area contributed by atoms with Crippen LogP contribution in [0.3, 0.4) is 0 Å². The smallest absolute Gasteiger partial charge is 0.265 e. The zero-order valence-electron chi connectivity index (χ0n) is 14.9. The quantitative estimate of drug-likeness (QED) is 0.747. The zero-order valence-corrected chi connectivity index (χ0v) is 16.5. The third-order valence-corrected chi connectivity index (χ3v) is 5.13. The summed E-state index contributed by atoms with van der Waals surface area (Å²) >= 11 is 3.24. The molecule has 138 valence electrons. The van der Waals surface area contributed by atoms with Gasteiger partial charge in [-0.3, -0.25) is 4.79 Å². The molecule has 0 radical (unpaired) electrons. The van der Waals surface area contributed by atoms with Gasteiger partial charge in [0.1, 0.15) is 11.6 Å². The van der Waals surface area contributed by atoms with Gasteiger partial charge in [0, 0.05) is 24.5 Å². The second kappa shape index (κ2) is 8.08. The van der Waals surface area contributed by atoms with Gasteiger partial charge in [-0.1, -0.05) is 0 Å². The number of carbonyl (C=O) groups excluding carboxylic acids is 1. The van der Waals surface area contributed by atoms with E-state index in [2.05, 4.69) is 32.2 Å². The Morgan fingerprint density at radius 2 is 1.96 bits per heavy atom. The van der Waals surface area contributed by atoms with E-state index in [1.807, 2.05) is 19.1 Å². The first-order valence-corrected chi connectivity index (χ1v) is 9.51. The lowest BCUT2D eigenvalue weighted by molar-refractivity contribution is -0.122. The molecule has 3 rings (SSSR count). The van der Waals surface area contributed by atoms with Gasteiger partial charge in [-0.2, -0.15) is 0 Å². The highest BCUT2D eigenvalue weighted by Crippen LogP contribution is 2.28. The summed E-state index contributed by atoms with van der Waals surface area (Å²) in [4.78, 5) is 14.8. The van der Waals surface area contributed by atoms with E-state index >= 15 is 0 Å². The van der Waals surface area contributed by atoms with Gasteiger partial charge in [-0.05, 0) is 84.6 Å². The maximum Gasteiger partial charge on any atom is 0.265 e. The van der Waals surface area contributed by atoms with E-state index in [1.54, 1.807) is 6.92 Å². The number of ether oxygens (including phenoxy) is 1. The highest BCUT2D eigenvalue weighted by Gasteiger charge is 2.18. The van der Waals surface area contributed by atoms with Crippen LogP contribution in [0.1, 0.15) is 25.3 Å². The number of aryl methyl sites for hydroxylation is 1. The Kier molecular flexibility index (Phi) is 5.81. The monoisotopic (exact) mass is 420 g/mol. The topological polar surface area (TPSA) is 41.6 Å². The number of halogens is 2. The van der Waals surface area contributed by atoms with E-state index in [9.17, 15) is 9.18 Å². The Balaban J connectivity index is 1.65. The van der Waals surface area contributed by atoms with Gasteiger partial charge in [0.2, 0.25) is 0 Å². The maximum atomic E-state index is 13.2. The Morgan fingerprint density at radius 1 is 1.23 bits per heavy atom. The Morgan fingerprint density at radius 3 is 2.62 bits per heavy atom. The molecule has 26 heavy (non-hydrogen) atoms. The molecule has 0 bridgehead atoms. The normalized spacial score (nSPS) is 15.0. The molecular formula is C20H22BrFN2O2. The van der Waals surface area contributed by atoms with Crippen molar-refractivity contribution in [3.05, 3.63) is 52.3 Å². The number of amides is 1. The van der Waals surface area contributed by atoms with Crippen LogP contribution in [0.2, 0.25) is 0 Å². The Bertz CT molecular complexity index is 806. The lowest BCUT2D eigenvalue weighted by atomic mass is 10.1. The standard InChI is InChI=1S/C20H22BrFN2O2/c1-13-11-16(24-9-3-4-10-24)6-7-18(13)23-20(25)14(2)26-19-8-5-15(22)12-17(19)21/h5-8,11-12,14H,3-4,9-10H2,1-2H3,(H,23,25).